The molecule has 0 radical (unpaired) electrons. The third kappa shape index (κ3) is 7.05. The molecule has 0 aromatic carbocycles. The molecule has 0 atom stereocenters. The minimum Gasteiger partial charge on any atom is -0.179 e. The lowest BCUT2D eigenvalue weighted by atomic mass is 10.4. The van der Waals surface area contributed by atoms with Crippen molar-refractivity contribution in [2.24, 2.45) is 0 Å². The molecule has 0 aliphatic heterocycles. The Morgan fingerprint density at radius 2 is 2.00 bits per heavy atom. The molecular weight excluding hydrogens is 144 g/mol. The summed E-state index contributed by atoms with van der Waals surface area (Å²) in [5.74, 6) is 2.16. The van der Waals surface area contributed by atoms with Gasteiger partial charge in [0.2, 0.25) is 0 Å². The molecule has 0 aliphatic carbocycles. The Balaban J connectivity index is 2.45. The highest BCUT2D eigenvalue weighted by Gasteiger charge is 1.81. The molecule has 0 aliphatic rings. The summed E-state index contributed by atoms with van der Waals surface area (Å²) in [5, 5.41) is 0. The van der Waals surface area contributed by atoms with Gasteiger partial charge in [0, 0.05) is 5.75 Å². The van der Waals surface area contributed by atoms with Crippen molar-refractivity contribution in [3.05, 3.63) is 0 Å². The van der Waals surface area contributed by atoms with E-state index in [0.29, 0.717) is 0 Å². The fourth-order valence-corrected chi connectivity index (χ4v) is 1.22. The number of thiol groups is 2. The van der Waals surface area contributed by atoms with E-state index in [-0.39, 0.29) is 0 Å². The Labute approximate surface area is 59.7 Å². The van der Waals surface area contributed by atoms with Gasteiger partial charge in [0.25, 0.3) is 0 Å². The van der Waals surface area contributed by atoms with Crippen molar-refractivity contribution >= 4 is 35.1 Å². The maximum atomic E-state index is 4.06. The zero-order valence-corrected chi connectivity index (χ0v) is 6.74. The van der Waals surface area contributed by atoms with Gasteiger partial charge in [-0.2, -0.15) is 12.6 Å². The Kier molecular flexibility index (Phi) is 8.11. The van der Waals surface area contributed by atoms with Gasteiger partial charge in [-0.05, 0) is 18.6 Å². The Morgan fingerprint density at radius 3 is 2.43 bits per heavy atom. The minimum atomic E-state index is 1.01. The summed E-state index contributed by atoms with van der Waals surface area (Å²) in [4.78, 5) is 0. The molecule has 0 fully saturated rings. The van der Waals surface area contributed by atoms with Crippen LogP contribution in [0.25, 0.3) is 0 Å². The van der Waals surface area contributed by atoms with Crippen LogP contribution in [-0.4, -0.2) is 11.5 Å². The van der Waals surface area contributed by atoms with Crippen molar-refractivity contribution in [2.45, 2.75) is 12.8 Å². The number of hydrogen-bond acceptors (Lipinski definition) is 3. The molecule has 0 N–H and O–H groups in total. The predicted octanol–water partition coefficient (Wildman–Crippen LogP) is 2.27. The number of unbranched alkanes of at least 4 members (excludes halogenated alkanes) is 1. The van der Waals surface area contributed by atoms with E-state index < -0.39 is 0 Å². The second kappa shape index (κ2) is 7.05. The summed E-state index contributed by atoms with van der Waals surface area (Å²) in [6.07, 6.45) is 2.47. The quantitative estimate of drug-likeness (QED) is 0.356. The van der Waals surface area contributed by atoms with Crippen LogP contribution in [-0.2, 0) is 0 Å². The molecule has 0 amide bonds. The van der Waals surface area contributed by atoms with E-state index in [4.69, 9.17) is 0 Å². The second-order valence-electron chi connectivity index (χ2n) is 1.26. The van der Waals surface area contributed by atoms with Crippen LogP contribution in [0.4, 0.5) is 0 Å². The van der Waals surface area contributed by atoms with Gasteiger partial charge in [-0.1, -0.05) is 10.8 Å². The molecule has 0 saturated heterocycles. The fourth-order valence-electron chi connectivity index (χ4n) is 0.278. The van der Waals surface area contributed by atoms with Crippen molar-refractivity contribution < 1.29 is 0 Å². The third-order valence-corrected chi connectivity index (χ3v) is 1.98. The largest absolute Gasteiger partial charge is 0.179 e. The van der Waals surface area contributed by atoms with Crippen LogP contribution in [0, 0.1) is 0 Å². The van der Waals surface area contributed by atoms with E-state index in [1.165, 1.54) is 12.8 Å². The zero-order valence-electron chi connectivity index (χ0n) is 4.13. The minimum absolute atomic E-state index is 1.01. The van der Waals surface area contributed by atoms with Crippen LogP contribution < -0.4 is 0 Å². The molecule has 0 aromatic heterocycles. The SMILES string of the molecule is SCCCCSS. The van der Waals surface area contributed by atoms with Gasteiger partial charge in [-0.3, -0.25) is 0 Å². The van der Waals surface area contributed by atoms with Gasteiger partial charge in [0.05, 0.1) is 0 Å². The molecule has 3 heteroatoms. The van der Waals surface area contributed by atoms with E-state index in [2.05, 4.69) is 24.3 Å². The Bertz CT molecular complexity index is 26.1. The maximum absolute atomic E-state index is 4.06. The van der Waals surface area contributed by atoms with E-state index in [1.807, 2.05) is 0 Å². The van der Waals surface area contributed by atoms with E-state index in [9.17, 15) is 0 Å². The average Bonchev–Trinajstić information content (AvgIpc) is 1.69. The van der Waals surface area contributed by atoms with Crippen molar-refractivity contribution in [1.29, 1.82) is 0 Å². The first kappa shape index (κ1) is 8.05. The molecule has 0 rings (SSSR count). The van der Waals surface area contributed by atoms with Gasteiger partial charge < -0.3 is 0 Å². The molecule has 0 bridgehead atoms. The normalized spacial score (nSPS) is 9.43. The highest BCUT2D eigenvalue weighted by atomic mass is 33.1. The predicted molar refractivity (Wildman–Crippen MR) is 44.5 cm³/mol. The standard InChI is InChI=1S/C4H10S3/c5-3-1-2-4-7-6/h5-6H,1-4H2. The second-order valence-corrected chi connectivity index (χ2v) is 3.15. The highest BCUT2D eigenvalue weighted by molar-refractivity contribution is 8.68. The topological polar surface area (TPSA) is 0 Å². The van der Waals surface area contributed by atoms with Crippen LogP contribution in [0.3, 0.4) is 0 Å². The Morgan fingerprint density at radius 1 is 1.29 bits per heavy atom. The van der Waals surface area contributed by atoms with E-state index >= 15 is 0 Å². The smallest absolute Gasteiger partial charge is 0.00347 e. The summed E-state index contributed by atoms with van der Waals surface area (Å²) in [7, 11) is 1.60. The van der Waals surface area contributed by atoms with Gasteiger partial charge in [-0.25, -0.2) is 0 Å². The summed E-state index contributed by atoms with van der Waals surface area (Å²) in [6.45, 7) is 0. The van der Waals surface area contributed by atoms with Crippen LogP contribution >= 0.6 is 35.1 Å². The van der Waals surface area contributed by atoms with Crippen molar-refractivity contribution in [1.82, 2.24) is 0 Å². The molecule has 0 heterocycles. The lowest BCUT2D eigenvalue weighted by molar-refractivity contribution is 0.912. The van der Waals surface area contributed by atoms with Crippen molar-refractivity contribution in [2.75, 3.05) is 11.5 Å². The van der Waals surface area contributed by atoms with Gasteiger partial charge >= 0.3 is 0 Å². The highest BCUT2D eigenvalue weighted by Crippen LogP contribution is 2.07. The van der Waals surface area contributed by atoms with E-state index in [1.54, 1.807) is 10.8 Å². The monoisotopic (exact) mass is 154 g/mol. The van der Waals surface area contributed by atoms with Gasteiger partial charge in [0.15, 0.2) is 0 Å². The summed E-state index contributed by atoms with van der Waals surface area (Å²) in [5.41, 5.74) is 0. The summed E-state index contributed by atoms with van der Waals surface area (Å²) < 4.78 is 0. The fraction of sp³-hybridized carbons (Fsp3) is 1.00. The van der Waals surface area contributed by atoms with Crippen LogP contribution in [0.2, 0.25) is 0 Å². The lowest BCUT2D eigenvalue weighted by Crippen LogP contribution is -1.76. The van der Waals surface area contributed by atoms with Gasteiger partial charge in [0.1, 0.15) is 0 Å². The van der Waals surface area contributed by atoms with Crippen molar-refractivity contribution in [3.63, 3.8) is 0 Å². The van der Waals surface area contributed by atoms with E-state index in [0.717, 1.165) is 11.5 Å². The van der Waals surface area contributed by atoms with Gasteiger partial charge in [-0.15, -0.1) is 11.7 Å². The zero-order chi connectivity index (χ0) is 5.54. The molecule has 7 heavy (non-hydrogen) atoms. The first-order valence-electron chi connectivity index (χ1n) is 2.29. The summed E-state index contributed by atoms with van der Waals surface area (Å²) in [6, 6.07) is 0. The first-order valence-corrected chi connectivity index (χ1v) is 4.96. The first-order chi connectivity index (χ1) is 3.41. The maximum Gasteiger partial charge on any atom is 0.00347 e. The van der Waals surface area contributed by atoms with Crippen molar-refractivity contribution in [3.8, 4) is 0 Å². The molecule has 44 valence electrons. The number of rotatable bonds is 4. The lowest BCUT2D eigenvalue weighted by Gasteiger charge is -1.89. The molecular formula is C4H10S3. The van der Waals surface area contributed by atoms with Crippen LogP contribution in [0.15, 0.2) is 0 Å². The molecule has 0 unspecified atom stereocenters. The average molecular weight is 154 g/mol. The van der Waals surface area contributed by atoms with Crippen LogP contribution in [0.5, 0.6) is 0 Å². The molecule has 0 saturated carbocycles. The molecule has 0 nitrogen and oxygen atoms in total. The summed E-state index contributed by atoms with van der Waals surface area (Å²) >= 11 is 8.04. The Hall–Kier alpha value is 1.05. The molecule has 0 spiro atoms. The molecule has 0 aromatic rings. The number of hydrogen-bond donors (Lipinski definition) is 2. The van der Waals surface area contributed by atoms with Crippen LogP contribution in [0.1, 0.15) is 12.8 Å². The third-order valence-electron chi connectivity index (χ3n) is 0.644.